The molecular weight excluding hydrogens is 236 g/mol. The Labute approximate surface area is 83.5 Å². The first kappa shape index (κ1) is 10.1. The van der Waals surface area contributed by atoms with Gasteiger partial charge in [-0.15, -0.1) is 0 Å². The molecule has 0 bridgehead atoms. The molecule has 0 spiro atoms. The first-order valence-corrected chi connectivity index (χ1v) is 4.37. The van der Waals surface area contributed by atoms with Crippen LogP contribution < -0.4 is 0 Å². The number of hydrogen-bond donors (Lipinski definition) is 1. The highest BCUT2D eigenvalue weighted by Crippen LogP contribution is 2.22. The van der Waals surface area contributed by atoms with Gasteiger partial charge < -0.3 is 9.90 Å². The van der Waals surface area contributed by atoms with Crippen LogP contribution in [0.2, 0.25) is 0 Å². The van der Waals surface area contributed by atoms with Gasteiger partial charge >= 0.3 is 0 Å². The zero-order valence-corrected chi connectivity index (χ0v) is 8.19. The Morgan fingerprint density at radius 1 is 1.38 bits per heavy atom. The minimum absolute atomic E-state index is 0.308. The van der Waals surface area contributed by atoms with Crippen molar-refractivity contribution in [2.45, 2.75) is 6.10 Å². The Hall–Kier alpha value is -1.00. The van der Waals surface area contributed by atoms with Gasteiger partial charge in [0.2, 0.25) is 0 Å². The summed E-state index contributed by atoms with van der Waals surface area (Å²) in [6.45, 7) is 0. The summed E-state index contributed by atoms with van der Waals surface area (Å²) in [5.74, 6) is 0. The number of carbonyl (C=O) groups is 2. The lowest BCUT2D eigenvalue weighted by Crippen LogP contribution is -2.03. The zero-order chi connectivity index (χ0) is 9.84. The molecule has 0 heterocycles. The number of carbonyl (C=O) groups excluding carboxylic acids is 2. The first-order valence-electron chi connectivity index (χ1n) is 3.57. The van der Waals surface area contributed by atoms with E-state index in [0.29, 0.717) is 28.2 Å². The predicted molar refractivity (Wildman–Crippen MR) is 50.6 cm³/mol. The van der Waals surface area contributed by atoms with Crippen molar-refractivity contribution < 1.29 is 14.7 Å². The van der Waals surface area contributed by atoms with Crippen LogP contribution in [0, 0.1) is 0 Å². The summed E-state index contributed by atoms with van der Waals surface area (Å²) >= 11 is 3.15. The molecule has 1 unspecified atom stereocenters. The van der Waals surface area contributed by atoms with E-state index in [9.17, 15) is 14.7 Å². The van der Waals surface area contributed by atoms with Gasteiger partial charge in [-0.05, 0) is 11.6 Å². The van der Waals surface area contributed by atoms with E-state index < -0.39 is 6.10 Å². The average molecular weight is 243 g/mol. The highest BCUT2D eigenvalue weighted by molar-refractivity contribution is 9.10. The molecule has 1 aromatic rings. The van der Waals surface area contributed by atoms with Crippen molar-refractivity contribution in [2.24, 2.45) is 0 Å². The van der Waals surface area contributed by atoms with Crippen molar-refractivity contribution in [1.82, 2.24) is 0 Å². The molecule has 0 saturated heterocycles. The summed E-state index contributed by atoms with van der Waals surface area (Å²) in [5, 5.41) is 9.22. The van der Waals surface area contributed by atoms with E-state index in [1.807, 2.05) is 0 Å². The third-order valence-corrected chi connectivity index (χ3v) is 2.34. The second-order valence-corrected chi connectivity index (χ2v) is 3.30. The second kappa shape index (κ2) is 4.30. The minimum atomic E-state index is -1.24. The Bertz CT molecular complexity index is 336. The molecule has 0 aliphatic carbocycles. The molecule has 13 heavy (non-hydrogen) atoms. The van der Waals surface area contributed by atoms with Crippen LogP contribution in [0.5, 0.6) is 0 Å². The molecule has 1 rings (SSSR count). The predicted octanol–water partition coefficient (Wildman–Crippen LogP) is 1.49. The van der Waals surface area contributed by atoms with Crippen LogP contribution in [0.1, 0.15) is 22.0 Å². The van der Waals surface area contributed by atoms with Gasteiger partial charge in [0.05, 0.1) is 0 Å². The molecule has 68 valence electrons. The van der Waals surface area contributed by atoms with Crippen LogP contribution >= 0.6 is 15.9 Å². The quantitative estimate of drug-likeness (QED) is 0.818. The zero-order valence-electron chi connectivity index (χ0n) is 6.61. The van der Waals surface area contributed by atoms with Gasteiger partial charge in [0.25, 0.3) is 0 Å². The average Bonchev–Trinajstić information content (AvgIpc) is 2.16. The number of aliphatic hydroxyl groups excluding tert-OH is 1. The van der Waals surface area contributed by atoms with Gasteiger partial charge in [-0.25, -0.2) is 0 Å². The number of aldehydes is 2. The highest BCUT2D eigenvalue weighted by atomic mass is 79.9. The first-order chi connectivity index (χ1) is 6.20. The van der Waals surface area contributed by atoms with Crippen molar-refractivity contribution in [2.75, 3.05) is 0 Å². The fourth-order valence-electron chi connectivity index (χ4n) is 1.01. The van der Waals surface area contributed by atoms with Gasteiger partial charge in [-0.2, -0.15) is 0 Å². The second-order valence-electron chi connectivity index (χ2n) is 2.44. The Balaban J connectivity index is 3.27. The molecule has 0 amide bonds. The summed E-state index contributed by atoms with van der Waals surface area (Å²) in [4.78, 5) is 20.9. The summed E-state index contributed by atoms with van der Waals surface area (Å²) in [6, 6.07) is 4.86. The van der Waals surface area contributed by atoms with Crippen LogP contribution in [0.3, 0.4) is 0 Å². The normalized spacial score (nSPS) is 12.2. The SMILES string of the molecule is O=Cc1c(Br)cccc1C(O)C=O. The summed E-state index contributed by atoms with van der Waals surface area (Å²) in [5.41, 5.74) is 0.626. The molecule has 0 radical (unpaired) electrons. The largest absolute Gasteiger partial charge is 0.381 e. The molecule has 3 nitrogen and oxygen atoms in total. The van der Waals surface area contributed by atoms with Gasteiger partial charge in [0.15, 0.2) is 12.6 Å². The van der Waals surface area contributed by atoms with Crippen LogP contribution in [0.25, 0.3) is 0 Å². The third kappa shape index (κ3) is 2.02. The maximum atomic E-state index is 10.6. The van der Waals surface area contributed by atoms with Crippen molar-refractivity contribution in [3.05, 3.63) is 33.8 Å². The minimum Gasteiger partial charge on any atom is -0.381 e. The summed E-state index contributed by atoms with van der Waals surface area (Å²) < 4.78 is 0.570. The molecule has 0 aliphatic rings. The number of rotatable bonds is 3. The molecule has 0 saturated carbocycles. The Morgan fingerprint density at radius 3 is 2.62 bits per heavy atom. The van der Waals surface area contributed by atoms with Crippen LogP contribution in [0.15, 0.2) is 22.7 Å². The molecule has 0 aliphatic heterocycles. The molecule has 4 heteroatoms. The lowest BCUT2D eigenvalue weighted by atomic mass is 10.0. The number of halogens is 1. The van der Waals surface area contributed by atoms with Crippen LogP contribution in [-0.2, 0) is 4.79 Å². The van der Waals surface area contributed by atoms with Crippen molar-refractivity contribution in [3.63, 3.8) is 0 Å². The van der Waals surface area contributed by atoms with E-state index >= 15 is 0 Å². The summed E-state index contributed by atoms with van der Waals surface area (Å²) in [7, 11) is 0. The van der Waals surface area contributed by atoms with Crippen LogP contribution in [-0.4, -0.2) is 17.7 Å². The van der Waals surface area contributed by atoms with E-state index in [2.05, 4.69) is 15.9 Å². The standard InChI is InChI=1S/C9H7BrO3/c10-8-3-1-2-6(7(8)4-11)9(13)5-12/h1-5,9,13H. The Kier molecular flexibility index (Phi) is 3.33. The molecule has 0 fully saturated rings. The number of hydrogen-bond acceptors (Lipinski definition) is 3. The lowest BCUT2D eigenvalue weighted by Gasteiger charge is -2.07. The van der Waals surface area contributed by atoms with E-state index in [0.717, 1.165) is 0 Å². The van der Waals surface area contributed by atoms with E-state index in [1.54, 1.807) is 12.1 Å². The monoisotopic (exact) mass is 242 g/mol. The maximum Gasteiger partial charge on any atom is 0.153 e. The number of aliphatic hydroxyl groups is 1. The summed E-state index contributed by atoms with van der Waals surface area (Å²) in [6.07, 6.45) is -0.251. The van der Waals surface area contributed by atoms with E-state index in [-0.39, 0.29) is 0 Å². The van der Waals surface area contributed by atoms with Gasteiger partial charge in [-0.1, -0.05) is 28.1 Å². The highest BCUT2D eigenvalue weighted by Gasteiger charge is 2.12. The lowest BCUT2D eigenvalue weighted by molar-refractivity contribution is -0.115. The number of benzene rings is 1. The fourth-order valence-corrected chi connectivity index (χ4v) is 1.48. The Morgan fingerprint density at radius 2 is 2.08 bits per heavy atom. The van der Waals surface area contributed by atoms with Gasteiger partial charge in [-0.3, -0.25) is 4.79 Å². The van der Waals surface area contributed by atoms with Crippen molar-refractivity contribution in [1.29, 1.82) is 0 Å². The third-order valence-electron chi connectivity index (χ3n) is 1.65. The molecule has 1 aromatic carbocycles. The van der Waals surface area contributed by atoms with Crippen LogP contribution in [0.4, 0.5) is 0 Å². The van der Waals surface area contributed by atoms with Crippen molar-refractivity contribution >= 4 is 28.5 Å². The molecular formula is C9H7BrO3. The van der Waals surface area contributed by atoms with Crippen molar-refractivity contribution in [3.8, 4) is 0 Å². The smallest absolute Gasteiger partial charge is 0.153 e. The topological polar surface area (TPSA) is 54.4 Å². The fraction of sp³-hybridized carbons (Fsp3) is 0.111. The van der Waals surface area contributed by atoms with E-state index in [1.165, 1.54) is 6.07 Å². The molecule has 1 atom stereocenters. The van der Waals surface area contributed by atoms with Gasteiger partial charge in [0.1, 0.15) is 6.10 Å². The van der Waals surface area contributed by atoms with Gasteiger partial charge in [0, 0.05) is 10.0 Å². The molecule has 1 N–H and O–H groups in total. The maximum absolute atomic E-state index is 10.6. The van der Waals surface area contributed by atoms with E-state index in [4.69, 9.17) is 0 Å². The molecule has 0 aromatic heterocycles.